The van der Waals surface area contributed by atoms with Gasteiger partial charge in [0.25, 0.3) is 0 Å². The predicted octanol–water partition coefficient (Wildman–Crippen LogP) is 19.6. The van der Waals surface area contributed by atoms with E-state index in [0.717, 1.165) is 120 Å². The Hall–Kier alpha value is -15.2. The van der Waals surface area contributed by atoms with Gasteiger partial charge in [-0.2, -0.15) is 49.9 Å². The first kappa shape index (κ1) is 86.0. The van der Waals surface area contributed by atoms with Crippen LogP contribution in [0.25, 0.3) is 11.1 Å². The second-order valence-corrected chi connectivity index (χ2v) is 25.6. The average molecular weight is 1510 g/mol. The number of aryl methyl sites for hydroxylation is 2. The highest BCUT2D eigenvalue weighted by molar-refractivity contribution is 5.72. The lowest BCUT2D eigenvalue weighted by molar-refractivity contribution is 0.325. The summed E-state index contributed by atoms with van der Waals surface area (Å²) >= 11 is 0. The van der Waals surface area contributed by atoms with Crippen molar-refractivity contribution in [3.63, 3.8) is 0 Å². The first-order valence-corrected chi connectivity index (χ1v) is 35.6. The maximum absolute atomic E-state index is 10.4. The van der Waals surface area contributed by atoms with E-state index < -0.39 is 0 Å². The van der Waals surface area contributed by atoms with Crippen LogP contribution in [0.3, 0.4) is 0 Å². The van der Waals surface area contributed by atoms with Crippen LogP contribution in [0.1, 0.15) is 113 Å². The van der Waals surface area contributed by atoms with Crippen molar-refractivity contribution >= 4 is 130 Å². The minimum absolute atomic E-state index is 0.151. The van der Waals surface area contributed by atoms with Crippen LogP contribution in [-0.2, 0) is 83.2 Å². The van der Waals surface area contributed by atoms with E-state index in [4.69, 9.17) is 0 Å². The van der Waals surface area contributed by atoms with Crippen molar-refractivity contribution in [2.75, 3.05) is 0 Å². The molecule has 2 saturated carbocycles. The lowest BCUT2D eigenvalue weighted by Crippen LogP contribution is -2.18. The van der Waals surface area contributed by atoms with Crippen LogP contribution in [0.5, 0.6) is 0 Å². The molecule has 12 rings (SSSR count). The molecule has 0 bridgehead atoms. The highest BCUT2D eigenvalue weighted by Gasteiger charge is 2.23. The first-order chi connectivity index (χ1) is 55.8. The summed E-state index contributed by atoms with van der Waals surface area (Å²) in [4.78, 5) is 166. The molecule has 2 aliphatic rings. The molecule has 0 unspecified atom stereocenters. The van der Waals surface area contributed by atoms with Gasteiger partial charge in [-0.05, 0) is 285 Å². The van der Waals surface area contributed by atoms with Crippen molar-refractivity contribution in [2.24, 2.45) is 65.8 Å². The Balaban J connectivity index is 0.000000190. The standard InChI is InChI=1S/C16H12N2O2.C15H16N2O2.3C15H10N2O2.C14H14N2O2/c1-11-7-13(3-5-15(11)17-9-19)14-4-6-16(18-10-20)12(2)8-14;2*18-10-16-14-5-1-12(2-6-14)9-13-3-7-15(8-4-13)17-11-19;18-10-16-14-5-1-3-12(8-14)7-13-4-2-6-15(9-13)17-11-19;18-10-16-14-7-5-12(6-8-14)9-13-3-1-2-4-15(13)17-11-19;17-9-15-13-5-1-11(2-6-13)12-3-7-14(8-4-12)16-10-18/h3-8H,1-2H3;1-2,5-6,13,15H,3-4,7-9H2;1-8H,9H2;1-6,8-9H,7H2;1-8H,9H2;1-2,5-6,12,14H,3-4,7-8H2. The van der Waals surface area contributed by atoms with Crippen LogP contribution in [0.2, 0.25) is 0 Å². The molecule has 0 aliphatic heterocycles. The summed E-state index contributed by atoms with van der Waals surface area (Å²) in [6, 6.07) is 70.9. The van der Waals surface area contributed by atoms with Crippen molar-refractivity contribution < 1.29 is 57.5 Å². The monoisotopic (exact) mass is 1510 g/mol. The van der Waals surface area contributed by atoms with Gasteiger partial charge in [0.1, 0.15) is 0 Å². The summed E-state index contributed by atoms with van der Waals surface area (Å²) < 4.78 is 0. The molecule has 0 radical (unpaired) electrons. The van der Waals surface area contributed by atoms with E-state index in [-0.39, 0.29) is 12.1 Å². The maximum Gasteiger partial charge on any atom is 0.240 e. The minimum atomic E-state index is 0.151. The van der Waals surface area contributed by atoms with Gasteiger partial charge in [-0.1, -0.05) is 115 Å². The summed E-state index contributed by atoms with van der Waals surface area (Å²) in [5.74, 6) is 1.16. The lowest BCUT2D eigenvalue weighted by Gasteiger charge is -2.25. The molecule has 2 fully saturated rings. The Kier molecular flexibility index (Phi) is 36.9. The summed E-state index contributed by atoms with van der Waals surface area (Å²) in [6.07, 6.45) is 29.7. The molecule has 0 atom stereocenters. The highest BCUT2D eigenvalue weighted by atomic mass is 16.1. The summed E-state index contributed by atoms with van der Waals surface area (Å²) in [6.45, 7) is 3.77. The van der Waals surface area contributed by atoms with E-state index in [1.807, 2.05) is 178 Å². The zero-order valence-corrected chi connectivity index (χ0v) is 62.0. The molecule has 10 aromatic carbocycles. The molecule has 114 heavy (non-hydrogen) atoms. The fraction of sp³-hybridized carbons (Fsp3) is 0.200. The van der Waals surface area contributed by atoms with Crippen molar-refractivity contribution in [1.82, 2.24) is 0 Å². The normalized spacial score (nSPS) is 13.6. The molecule has 10 aromatic rings. The first-order valence-electron chi connectivity index (χ1n) is 35.6. The average Bonchev–Trinajstić information content (AvgIpc) is 0.825. The Morgan fingerprint density at radius 1 is 0.263 bits per heavy atom. The SMILES string of the molecule is Cc1cc(-c2ccc(N=C=O)c(C)c2)ccc1N=C=O.O=C=Nc1ccc(C2CCC(N=C=O)CC2)cc1.O=C=Nc1ccc(CC2CCC(N=C=O)CC2)cc1.O=C=Nc1ccc(Cc2ccc(N=C=O)cc2)cc1.O=C=Nc1ccc(Cc2ccccc2N=C=O)cc1.O=C=Nc1cccc(Cc2cccc(N=C=O)c2)c1. The van der Waals surface area contributed by atoms with Crippen molar-refractivity contribution in [2.45, 2.75) is 109 Å². The number of para-hydroxylation sites is 1. The maximum atomic E-state index is 10.4. The Labute approximate surface area is 656 Å². The number of hydrogen-bond donors (Lipinski definition) is 0. The van der Waals surface area contributed by atoms with Gasteiger partial charge in [0.2, 0.25) is 73.0 Å². The molecule has 0 aromatic heterocycles. The number of rotatable bonds is 22. The fourth-order valence-corrected chi connectivity index (χ4v) is 12.5. The third-order valence-corrected chi connectivity index (χ3v) is 18.1. The molecule has 564 valence electrons. The van der Waals surface area contributed by atoms with Crippen LogP contribution < -0.4 is 0 Å². The molecule has 2 aliphatic carbocycles. The smallest absolute Gasteiger partial charge is 0.211 e. The van der Waals surface area contributed by atoms with Gasteiger partial charge in [-0.3, -0.25) is 0 Å². The van der Waals surface area contributed by atoms with E-state index >= 15 is 0 Å². The van der Waals surface area contributed by atoms with Gasteiger partial charge in [-0.15, -0.1) is 0 Å². The largest absolute Gasteiger partial charge is 0.240 e. The second-order valence-electron chi connectivity index (χ2n) is 25.6. The summed E-state index contributed by atoms with van der Waals surface area (Å²) in [7, 11) is 0. The van der Waals surface area contributed by atoms with Crippen LogP contribution >= 0.6 is 0 Å². The molecular formula is C90H72N12O12. The summed E-state index contributed by atoms with van der Waals surface area (Å²) in [5.41, 5.74) is 18.6. The number of hydrogen-bond acceptors (Lipinski definition) is 24. The topological polar surface area (TPSA) is 353 Å². The molecular weight excluding hydrogens is 1440 g/mol. The van der Waals surface area contributed by atoms with Crippen LogP contribution in [0.4, 0.5) is 56.9 Å². The van der Waals surface area contributed by atoms with E-state index in [0.29, 0.717) is 81.6 Å². The Bertz CT molecular complexity index is 5320. The van der Waals surface area contributed by atoms with Gasteiger partial charge in [0.05, 0.1) is 69.0 Å². The zero-order valence-electron chi connectivity index (χ0n) is 62.0. The number of benzene rings is 10. The van der Waals surface area contributed by atoms with Gasteiger partial charge in [-0.25, -0.2) is 67.5 Å². The quantitative estimate of drug-likeness (QED) is 0.0451. The minimum Gasteiger partial charge on any atom is -0.211 e. The van der Waals surface area contributed by atoms with Crippen LogP contribution in [-0.4, -0.2) is 85.0 Å². The van der Waals surface area contributed by atoms with Crippen LogP contribution in [0.15, 0.2) is 290 Å². The van der Waals surface area contributed by atoms with Crippen molar-refractivity contribution in [3.8, 4) is 11.1 Å². The number of carbonyl (C=O) groups excluding carboxylic acids is 12. The van der Waals surface area contributed by atoms with E-state index in [1.54, 1.807) is 97.1 Å². The summed E-state index contributed by atoms with van der Waals surface area (Å²) in [5, 5.41) is 0. The molecule has 24 nitrogen and oxygen atoms in total. The molecule has 0 spiro atoms. The van der Waals surface area contributed by atoms with Crippen molar-refractivity contribution in [1.29, 1.82) is 0 Å². The van der Waals surface area contributed by atoms with Gasteiger partial charge < -0.3 is 0 Å². The van der Waals surface area contributed by atoms with Gasteiger partial charge in [0.15, 0.2) is 0 Å². The molecule has 0 heterocycles. The highest BCUT2D eigenvalue weighted by Crippen LogP contribution is 2.36. The third-order valence-electron chi connectivity index (χ3n) is 18.1. The van der Waals surface area contributed by atoms with Crippen molar-refractivity contribution in [3.05, 3.63) is 286 Å². The van der Waals surface area contributed by atoms with Gasteiger partial charge in [0, 0.05) is 0 Å². The van der Waals surface area contributed by atoms with E-state index in [2.05, 4.69) is 59.9 Å². The van der Waals surface area contributed by atoms with Gasteiger partial charge >= 0.3 is 0 Å². The second kappa shape index (κ2) is 48.9. The van der Waals surface area contributed by atoms with E-state index in [9.17, 15) is 57.5 Å². The number of aliphatic imine (C=N–C) groups is 12. The fourth-order valence-electron chi connectivity index (χ4n) is 12.5. The van der Waals surface area contributed by atoms with E-state index in [1.165, 1.54) is 53.7 Å². The van der Waals surface area contributed by atoms with Crippen LogP contribution in [0, 0.1) is 19.8 Å². The molecule has 24 heteroatoms. The third kappa shape index (κ3) is 30.1. The zero-order chi connectivity index (χ0) is 81.3. The number of isocyanates is 12. The number of nitrogens with zero attached hydrogens (tertiary/aromatic N) is 12. The molecule has 0 saturated heterocycles. The Morgan fingerprint density at radius 3 is 0.974 bits per heavy atom. The Morgan fingerprint density at radius 2 is 0.596 bits per heavy atom. The molecule has 0 N–H and O–H groups in total. The predicted molar refractivity (Wildman–Crippen MR) is 430 cm³/mol. The lowest BCUT2D eigenvalue weighted by atomic mass is 9.82. The molecule has 0 amide bonds.